The average Bonchev–Trinajstić information content (AvgIpc) is 3.07. The molecule has 1 heterocycles. The van der Waals surface area contributed by atoms with Crippen molar-refractivity contribution in [3.05, 3.63) is 41.7 Å². The number of carbonyl (C=O) groups is 1. The van der Waals surface area contributed by atoms with Crippen LogP contribution in [-0.4, -0.2) is 33.9 Å². The molecule has 1 aliphatic rings. The number of fused-ring (bicyclic) bond motifs is 1. The number of anilines is 1. The fourth-order valence-electron chi connectivity index (χ4n) is 4.76. The summed E-state index contributed by atoms with van der Waals surface area (Å²) in [5, 5.41) is 0. The Labute approximate surface area is 206 Å². The highest BCUT2D eigenvalue weighted by Crippen LogP contribution is 2.34. The molecule has 5 heteroatoms. The van der Waals surface area contributed by atoms with Gasteiger partial charge in [0.05, 0.1) is 11.0 Å². The molecule has 0 saturated carbocycles. The number of rotatable bonds is 11. The zero-order chi connectivity index (χ0) is 24.0. The summed E-state index contributed by atoms with van der Waals surface area (Å²) in [6, 6.07) is 6.74. The van der Waals surface area contributed by atoms with E-state index in [4.69, 9.17) is 4.98 Å². The van der Waals surface area contributed by atoms with Crippen molar-refractivity contribution in [2.24, 2.45) is 11.3 Å². The summed E-state index contributed by atoms with van der Waals surface area (Å²) in [7, 11) is 0. The predicted molar refractivity (Wildman–Crippen MR) is 145 cm³/mol. The SMILES string of the molecule is CCCCN(CCCC)c1ccc2nc(/C=C/C3=CC(=O)CC(C)(C)C3)n(CC(C)C)c2c1.O. The van der Waals surface area contributed by atoms with Gasteiger partial charge >= 0.3 is 0 Å². The van der Waals surface area contributed by atoms with Gasteiger partial charge in [0.25, 0.3) is 0 Å². The molecule has 0 saturated heterocycles. The molecule has 1 aromatic carbocycles. The molecule has 1 aromatic heterocycles. The largest absolute Gasteiger partial charge is 0.412 e. The second kappa shape index (κ2) is 12.3. The lowest BCUT2D eigenvalue weighted by atomic mass is 9.77. The monoisotopic (exact) mass is 467 g/mol. The van der Waals surface area contributed by atoms with Crippen LogP contribution in [0.4, 0.5) is 5.69 Å². The number of imidazole rings is 1. The standard InChI is InChI=1S/C29H43N3O.H2O/c1-7-9-15-31(16-10-8-2)24-12-13-26-27(18-24)32(21-22(3)4)28(30-26)14-11-23-17-25(33)20-29(5,6)19-23;/h11-14,17-18,22H,7-10,15-16,19-21H2,1-6H3;1H2/b14-11+;. The van der Waals surface area contributed by atoms with Crippen LogP contribution in [0.25, 0.3) is 17.1 Å². The molecule has 0 amide bonds. The van der Waals surface area contributed by atoms with Crippen LogP contribution in [0.2, 0.25) is 0 Å². The number of carbonyl (C=O) groups excluding carboxylic acids is 1. The number of aromatic nitrogens is 2. The molecular formula is C29H45N3O2. The van der Waals surface area contributed by atoms with Gasteiger partial charge in [0.2, 0.25) is 0 Å². The van der Waals surface area contributed by atoms with Gasteiger partial charge in [0.15, 0.2) is 5.78 Å². The van der Waals surface area contributed by atoms with Crippen molar-refractivity contribution in [3.63, 3.8) is 0 Å². The second-order valence-corrected chi connectivity index (χ2v) is 10.9. The molecule has 1 aliphatic carbocycles. The van der Waals surface area contributed by atoms with Gasteiger partial charge < -0.3 is 14.9 Å². The van der Waals surface area contributed by atoms with Crippen molar-refractivity contribution >= 4 is 28.6 Å². The lowest BCUT2D eigenvalue weighted by Crippen LogP contribution is -2.25. The highest BCUT2D eigenvalue weighted by molar-refractivity contribution is 5.92. The number of ketones is 1. The van der Waals surface area contributed by atoms with E-state index in [9.17, 15) is 4.79 Å². The van der Waals surface area contributed by atoms with E-state index in [1.165, 1.54) is 36.9 Å². The molecular weight excluding hydrogens is 422 g/mol. The van der Waals surface area contributed by atoms with Crippen molar-refractivity contribution in [3.8, 4) is 0 Å². The van der Waals surface area contributed by atoms with Gasteiger partial charge in [-0.15, -0.1) is 0 Å². The molecule has 3 rings (SSSR count). The Bertz CT molecular complexity index is 1010. The molecule has 34 heavy (non-hydrogen) atoms. The van der Waals surface area contributed by atoms with Gasteiger partial charge in [0, 0.05) is 31.7 Å². The van der Waals surface area contributed by atoms with E-state index < -0.39 is 0 Å². The lowest BCUT2D eigenvalue weighted by molar-refractivity contribution is -0.116. The van der Waals surface area contributed by atoms with E-state index in [1.807, 2.05) is 6.08 Å². The minimum Gasteiger partial charge on any atom is -0.412 e. The molecule has 0 spiro atoms. The van der Waals surface area contributed by atoms with E-state index >= 15 is 0 Å². The van der Waals surface area contributed by atoms with Gasteiger partial charge in [-0.25, -0.2) is 4.98 Å². The highest BCUT2D eigenvalue weighted by Gasteiger charge is 2.26. The fraction of sp³-hybridized carbons (Fsp3) is 0.586. The van der Waals surface area contributed by atoms with E-state index in [-0.39, 0.29) is 16.7 Å². The third kappa shape index (κ3) is 7.30. The Morgan fingerprint density at radius 1 is 1.09 bits per heavy atom. The average molecular weight is 468 g/mol. The summed E-state index contributed by atoms with van der Waals surface area (Å²) in [6.07, 6.45) is 12.4. The first-order valence-electron chi connectivity index (χ1n) is 12.9. The van der Waals surface area contributed by atoms with Crippen molar-refractivity contribution in [1.29, 1.82) is 0 Å². The van der Waals surface area contributed by atoms with E-state index in [1.54, 1.807) is 0 Å². The van der Waals surface area contributed by atoms with Crippen LogP contribution < -0.4 is 4.90 Å². The maximum atomic E-state index is 12.2. The second-order valence-electron chi connectivity index (χ2n) is 10.9. The molecule has 0 unspecified atom stereocenters. The number of hydrogen-bond donors (Lipinski definition) is 0. The van der Waals surface area contributed by atoms with Crippen LogP contribution in [0.5, 0.6) is 0 Å². The summed E-state index contributed by atoms with van der Waals surface area (Å²) >= 11 is 0. The molecule has 2 aromatic rings. The minimum atomic E-state index is 0. The quantitative estimate of drug-likeness (QED) is 0.374. The van der Waals surface area contributed by atoms with E-state index in [0.717, 1.165) is 43.0 Å². The first-order chi connectivity index (χ1) is 15.7. The highest BCUT2D eigenvalue weighted by atomic mass is 16.1. The third-order valence-electron chi connectivity index (χ3n) is 6.37. The van der Waals surface area contributed by atoms with Crippen molar-refractivity contribution in [2.75, 3.05) is 18.0 Å². The summed E-state index contributed by atoms with van der Waals surface area (Å²) in [5.41, 5.74) is 4.67. The first kappa shape index (κ1) is 27.8. The smallest absolute Gasteiger partial charge is 0.156 e. The predicted octanol–water partition coefficient (Wildman–Crippen LogP) is 6.60. The van der Waals surface area contributed by atoms with Gasteiger partial charge in [-0.2, -0.15) is 0 Å². The topological polar surface area (TPSA) is 69.6 Å². The van der Waals surface area contributed by atoms with E-state index in [2.05, 4.69) is 81.4 Å². The van der Waals surface area contributed by atoms with Crippen molar-refractivity contribution < 1.29 is 10.3 Å². The summed E-state index contributed by atoms with van der Waals surface area (Å²) in [6.45, 7) is 16.5. The Kier molecular flexibility index (Phi) is 10.1. The van der Waals surface area contributed by atoms with Crippen molar-refractivity contribution in [2.45, 2.75) is 86.6 Å². The van der Waals surface area contributed by atoms with Crippen molar-refractivity contribution in [1.82, 2.24) is 9.55 Å². The van der Waals surface area contributed by atoms with Crippen LogP contribution >= 0.6 is 0 Å². The number of hydrogen-bond acceptors (Lipinski definition) is 3. The molecule has 0 fully saturated rings. The number of nitrogens with zero attached hydrogens (tertiary/aromatic N) is 3. The first-order valence-corrected chi connectivity index (χ1v) is 12.9. The molecule has 0 atom stereocenters. The van der Waals surface area contributed by atoms with Gasteiger partial charge in [-0.3, -0.25) is 4.79 Å². The van der Waals surface area contributed by atoms with Gasteiger partial charge in [-0.1, -0.05) is 60.5 Å². The molecule has 2 N–H and O–H groups in total. The van der Waals surface area contributed by atoms with Crippen LogP contribution in [0.15, 0.2) is 35.9 Å². The van der Waals surface area contributed by atoms with Crippen LogP contribution in [0, 0.1) is 11.3 Å². The molecule has 0 aliphatic heterocycles. The summed E-state index contributed by atoms with van der Waals surface area (Å²) < 4.78 is 2.36. The fourth-order valence-corrected chi connectivity index (χ4v) is 4.76. The lowest BCUT2D eigenvalue weighted by Gasteiger charge is -2.27. The third-order valence-corrected chi connectivity index (χ3v) is 6.37. The van der Waals surface area contributed by atoms with Crippen LogP contribution in [0.3, 0.4) is 0 Å². The number of allylic oxidation sites excluding steroid dienone is 3. The van der Waals surface area contributed by atoms with Gasteiger partial charge in [0.1, 0.15) is 5.82 Å². The zero-order valence-corrected chi connectivity index (χ0v) is 22.2. The maximum absolute atomic E-state index is 12.2. The zero-order valence-electron chi connectivity index (χ0n) is 22.2. The number of unbranched alkanes of at least 4 members (excludes halogenated alkanes) is 2. The van der Waals surface area contributed by atoms with E-state index in [0.29, 0.717) is 12.3 Å². The Balaban J connectivity index is 0.00000408. The maximum Gasteiger partial charge on any atom is 0.156 e. The van der Waals surface area contributed by atoms with Crippen LogP contribution in [-0.2, 0) is 11.3 Å². The summed E-state index contributed by atoms with van der Waals surface area (Å²) in [4.78, 5) is 19.7. The van der Waals surface area contributed by atoms with Gasteiger partial charge in [-0.05, 0) is 66.5 Å². The number of benzene rings is 1. The normalized spacial score (nSPS) is 15.7. The summed E-state index contributed by atoms with van der Waals surface area (Å²) in [5.74, 6) is 1.72. The molecule has 188 valence electrons. The Morgan fingerprint density at radius 3 is 2.35 bits per heavy atom. The molecule has 0 radical (unpaired) electrons. The molecule has 5 nitrogen and oxygen atoms in total. The minimum absolute atomic E-state index is 0. The molecule has 0 bridgehead atoms. The van der Waals surface area contributed by atoms with Crippen LogP contribution in [0.1, 0.15) is 85.9 Å². The Hall–Kier alpha value is -2.40. The Morgan fingerprint density at radius 2 is 1.76 bits per heavy atom.